The second kappa shape index (κ2) is 8.12. The molecule has 1 aromatic heterocycles. The van der Waals surface area contributed by atoms with E-state index >= 15 is 0 Å². The summed E-state index contributed by atoms with van der Waals surface area (Å²) in [4.78, 5) is 7.90. The van der Waals surface area contributed by atoms with Crippen LogP contribution in [0.15, 0.2) is 79.0 Å². The first kappa shape index (κ1) is 18.0. The van der Waals surface area contributed by atoms with Crippen LogP contribution in [0, 0.1) is 11.3 Å². The monoisotopic (exact) mass is 383 g/mol. The number of aromatic nitrogens is 2. The summed E-state index contributed by atoms with van der Waals surface area (Å²) in [6.07, 6.45) is 3.39. The third-order valence-electron chi connectivity index (χ3n) is 4.67. The molecule has 4 rings (SSSR count). The lowest BCUT2D eigenvalue weighted by molar-refractivity contribution is 1.000. The molecule has 3 nitrogen and oxygen atoms in total. The molecule has 4 heteroatoms. The van der Waals surface area contributed by atoms with Crippen LogP contribution in [0.2, 0.25) is 5.02 Å². The third kappa shape index (κ3) is 4.14. The fourth-order valence-electron chi connectivity index (χ4n) is 3.19. The summed E-state index contributed by atoms with van der Waals surface area (Å²) in [5.41, 5.74) is 6.23. The van der Waals surface area contributed by atoms with Gasteiger partial charge in [0.1, 0.15) is 5.82 Å². The fourth-order valence-corrected chi connectivity index (χ4v) is 3.44. The van der Waals surface area contributed by atoms with Gasteiger partial charge in [-0.2, -0.15) is 5.26 Å². The highest BCUT2D eigenvalue weighted by Crippen LogP contribution is 2.27. The van der Waals surface area contributed by atoms with Crippen molar-refractivity contribution in [2.24, 2.45) is 0 Å². The van der Waals surface area contributed by atoms with Crippen molar-refractivity contribution in [3.05, 3.63) is 112 Å². The van der Waals surface area contributed by atoms with E-state index in [4.69, 9.17) is 16.9 Å². The van der Waals surface area contributed by atoms with Crippen LogP contribution in [0.3, 0.4) is 0 Å². The minimum absolute atomic E-state index is 0.675. The van der Waals surface area contributed by atoms with Crippen molar-refractivity contribution in [3.8, 4) is 17.2 Å². The van der Waals surface area contributed by atoms with Crippen LogP contribution in [0.4, 0.5) is 0 Å². The number of hydrogen-bond acceptors (Lipinski definition) is 2. The van der Waals surface area contributed by atoms with Crippen LogP contribution < -0.4 is 0 Å². The van der Waals surface area contributed by atoms with E-state index in [-0.39, 0.29) is 0 Å². The quantitative estimate of drug-likeness (QED) is 0.474. The van der Waals surface area contributed by atoms with Gasteiger partial charge < -0.3 is 4.98 Å². The van der Waals surface area contributed by atoms with Crippen LogP contribution in [0.1, 0.15) is 28.2 Å². The number of nitrogens with zero attached hydrogens (tertiary/aromatic N) is 2. The Bertz CT molecular complexity index is 1120. The Kier molecular flexibility index (Phi) is 5.23. The molecule has 28 heavy (non-hydrogen) atoms. The Labute approximate surface area is 169 Å². The maximum atomic E-state index is 8.88. The van der Waals surface area contributed by atoms with Gasteiger partial charge in [-0.05, 0) is 34.9 Å². The fraction of sp³-hybridized carbons (Fsp3) is 0.0833. The molecule has 0 aliphatic heterocycles. The molecule has 136 valence electrons. The van der Waals surface area contributed by atoms with Crippen LogP contribution in [0.5, 0.6) is 0 Å². The largest absolute Gasteiger partial charge is 0.345 e. The lowest BCUT2D eigenvalue weighted by Gasteiger charge is -2.05. The van der Waals surface area contributed by atoms with Gasteiger partial charge in [-0.3, -0.25) is 0 Å². The Morgan fingerprint density at radius 1 is 0.857 bits per heavy atom. The molecule has 0 aliphatic rings. The lowest BCUT2D eigenvalue weighted by atomic mass is 10.0. The molecule has 0 aliphatic carbocycles. The molecular weight excluding hydrogens is 366 g/mol. The van der Waals surface area contributed by atoms with Gasteiger partial charge in [-0.15, -0.1) is 0 Å². The Morgan fingerprint density at radius 3 is 2.25 bits per heavy atom. The molecule has 0 atom stereocenters. The summed E-state index contributed by atoms with van der Waals surface area (Å²) in [7, 11) is 0. The van der Waals surface area contributed by atoms with Crippen molar-refractivity contribution in [3.63, 3.8) is 0 Å². The van der Waals surface area contributed by atoms with E-state index in [0.717, 1.165) is 46.1 Å². The molecule has 4 aromatic rings. The van der Waals surface area contributed by atoms with Crippen molar-refractivity contribution in [1.82, 2.24) is 9.97 Å². The standard InChI is InChI=1S/C24H18ClN3/c25-23-4-2-1-3-22(23)20-11-9-18(10-12-20)14-24-27-16-21(28-24)13-17-5-7-19(15-26)8-6-17/h1-12,16H,13-14H2,(H,27,28). The van der Waals surface area contributed by atoms with Gasteiger partial charge in [0.05, 0.1) is 11.6 Å². The summed E-state index contributed by atoms with van der Waals surface area (Å²) in [6.45, 7) is 0. The van der Waals surface area contributed by atoms with Gasteiger partial charge in [-0.1, -0.05) is 66.2 Å². The minimum Gasteiger partial charge on any atom is -0.345 e. The normalized spacial score (nSPS) is 10.6. The van der Waals surface area contributed by atoms with Crippen molar-refractivity contribution in [1.29, 1.82) is 5.26 Å². The number of halogens is 1. The summed E-state index contributed by atoms with van der Waals surface area (Å²) in [6, 6.07) is 26.1. The molecule has 3 aromatic carbocycles. The highest BCUT2D eigenvalue weighted by Gasteiger charge is 2.06. The molecule has 1 N–H and O–H groups in total. The van der Waals surface area contributed by atoms with E-state index in [0.29, 0.717) is 5.56 Å². The molecule has 0 radical (unpaired) electrons. The van der Waals surface area contributed by atoms with Gasteiger partial charge in [0.2, 0.25) is 0 Å². The Hall–Kier alpha value is -3.35. The Morgan fingerprint density at radius 2 is 1.54 bits per heavy atom. The average molecular weight is 384 g/mol. The van der Waals surface area contributed by atoms with Crippen LogP contribution in [0.25, 0.3) is 11.1 Å². The molecular formula is C24H18ClN3. The summed E-state index contributed by atoms with van der Waals surface area (Å²) >= 11 is 6.28. The summed E-state index contributed by atoms with van der Waals surface area (Å²) in [5.74, 6) is 0.939. The molecule has 0 unspecified atom stereocenters. The SMILES string of the molecule is N#Cc1ccc(Cc2cnc(Cc3ccc(-c4ccccc4Cl)cc3)[nH]2)cc1. The number of nitrogens with one attached hydrogen (secondary N) is 1. The third-order valence-corrected chi connectivity index (χ3v) is 5.00. The van der Waals surface area contributed by atoms with E-state index in [1.807, 2.05) is 54.7 Å². The number of nitriles is 1. The zero-order chi connectivity index (χ0) is 19.3. The predicted molar refractivity (Wildman–Crippen MR) is 112 cm³/mol. The number of aromatic amines is 1. The lowest BCUT2D eigenvalue weighted by Crippen LogP contribution is -1.93. The number of rotatable bonds is 5. The molecule has 1 heterocycles. The second-order valence-corrected chi connectivity index (χ2v) is 7.10. The molecule has 0 saturated carbocycles. The van der Waals surface area contributed by atoms with Gasteiger partial charge in [0.15, 0.2) is 0 Å². The zero-order valence-electron chi connectivity index (χ0n) is 15.2. The van der Waals surface area contributed by atoms with E-state index < -0.39 is 0 Å². The van der Waals surface area contributed by atoms with Crippen molar-refractivity contribution >= 4 is 11.6 Å². The molecule has 0 amide bonds. The number of hydrogen-bond donors (Lipinski definition) is 1. The van der Waals surface area contributed by atoms with E-state index in [9.17, 15) is 0 Å². The van der Waals surface area contributed by atoms with E-state index in [2.05, 4.69) is 40.3 Å². The van der Waals surface area contributed by atoms with E-state index in [1.54, 1.807) is 0 Å². The number of benzene rings is 3. The van der Waals surface area contributed by atoms with E-state index in [1.165, 1.54) is 5.56 Å². The first-order valence-corrected chi connectivity index (χ1v) is 9.45. The number of imidazole rings is 1. The average Bonchev–Trinajstić information content (AvgIpc) is 3.16. The van der Waals surface area contributed by atoms with Gasteiger partial charge >= 0.3 is 0 Å². The first-order chi connectivity index (χ1) is 13.7. The van der Waals surface area contributed by atoms with Crippen LogP contribution in [-0.4, -0.2) is 9.97 Å². The first-order valence-electron chi connectivity index (χ1n) is 9.07. The van der Waals surface area contributed by atoms with Gasteiger partial charge in [0, 0.05) is 35.3 Å². The highest BCUT2D eigenvalue weighted by atomic mass is 35.5. The predicted octanol–water partition coefficient (Wildman–Crippen LogP) is 5.78. The maximum Gasteiger partial charge on any atom is 0.110 e. The smallest absolute Gasteiger partial charge is 0.110 e. The molecule has 0 saturated heterocycles. The minimum atomic E-state index is 0.675. The number of H-pyrrole nitrogens is 1. The van der Waals surface area contributed by atoms with Crippen molar-refractivity contribution < 1.29 is 0 Å². The Balaban J connectivity index is 1.43. The maximum absolute atomic E-state index is 8.88. The summed E-state index contributed by atoms with van der Waals surface area (Å²) < 4.78 is 0. The highest BCUT2D eigenvalue weighted by molar-refractivity contribution is 6.33. The molecule has 0 bridgehead atoms. The van der Waals surface area contributed by atoms with Crippen molar-refractivity contribution in [2.45, 2.75) is 12.8 Å². The van der Waals surface area contributed by atoms with Gasteiger partial charge in [-0.25, -0.2) is 4.98 Å². The second-order valence-electron chi connectivity index (χ2n) is 6.69. The molecule has 0 fully saturated rings. The molecule has 0 spiro atoms. The summed E-state index contributed by atoms with van der Waals surface area (Å²) in [5, 5.41) is 9.64. The van der Waals surface area contributed by atoms with Crippen LogP contribution >= 0.6 is 11.6 Å². The topological polar surface area (TPSA) is 52.5 Å². The van der Waals surface area contributed by atoms with Crippen LogP contribution in [-0.2, 0) is 12.8 Å². The van der Waals surface area contributed by atoms with Crippen molar-refractivity contribution in [2.75, 3.05) is 0 Å². The van der Waals surface area contributed by atoms with Gasteiger partial charge in [0.25, 0.3) is 0 Å². The zero-order valence-corrected chi connectivity index (χ0v) is 15.9.